The maximum atomic E-state index is 13.9. The minimum absolute atomic E-state index is 0.189. The molecule has 0 radical (unpaired) electrons. The van der Waals surface area contributed by atoms with Crippen molar-refractivity contribution < 1.29 is 14.0 Å². The summed E-state index contributed by atoms with van der Waals surface area (Å²) in [6, 6.07) is 18.5. The summed E-state index contributed by atoms with van der Waals surface area (Å²) >= 11 is 5.99. The Morgan fingerprint density at radius 3 is 2.63 bits per heavy atom. The van der Waals surface area contributed by atoms with E-state index in [1.807, 2.05) is 44.2 Å². The van der Waals surface area contributed by atoms with Gasteiger partial charge in [-0.3, -0.25) is 19.2 Å². The smallest absolute Gasteiger partial charge is 0.277 e. The van der Waals surface area contributed by atoms with E-state index in [1.165, 1.54) is 0 Å². The van der Waals surface area contributed by atoms with Gasteiger partial charge in [-0.15, -0.1) is 0 Å². The minimum Gasteiger partial charge on any atom is -0.463 e. The molecule has 0 spiro atoms. The predicted octanol–water partition coefficient (Wildman–Crippen LogP) is 5.15. The first-order valence-electron chi connectivity index (χ1n) is 11.3. The number of amides is 2. The zero-order valence-corrected chi connectivity index (χ0v) is 20.5. The van der Waals surface area contributed by atoms with Gasteiger partial charge < -0.3 is 9.73 Å². The van der Waals surface area contributed by atoms with E-state index in [1.54, 1.807) is 53.1 Å². The molecule has 8 heteroatoms. The van der Waals surface area contributed by atoms with Crippen LogP contribution < -0.4 is 10.2 Å². The van der Waals surface area contributed by atoms with E-state index in [0.29, 0.717) is 34.4 Å². The highest BCUT2D eigenvalue weighted by Gasteiger charge is 2.49. The minimum atomic E-state index is -1.22. The van der Waals surface area contributed by atoms with Gasteiger partial charge in [0.25, 0.3) is 5.91 Å². The van der Waals surface area contributed by atoms with Crippen LogP contribution in [0.5, 0.6) is 0 Å². The topological polar surface area (TPSA) is 80.4 Å². The van der Waals surface area contributed by atoms with Crippen molar-refractivity contribution >= 4 is 29.1 Å². The molecule has 2 amide bonds. The fraction of sp³-hybridized carbons (Fsp3) is 0.222. The number of anilines is 1. The molecule has 1 aliphatic rings. The van der Waals surface area contributed by atoms with Crippen LogP contribution in [0.2, 0.25) is 5.02 Å². The molecule has 2 aromatic carbocycles. The molecule has 4 aromatic rings. The van der Waals surface area contributed by atoms with Gasteiger partial charge in [-0.1, -0.05) is 35.9 Å². The molecule has 0 saturated heterocycles. The Hall–Kier alpha value is -3.84. The van der Waals surface area contributed by atoms with Crippen molar-refractivity contribution in [2.75, 3.05) is 4.90 Å². The van der Waals surface area contributed by atoms with Crippen LogP contribution in [0.25, 0.3) is 11.5 Å². The number of halogens is 1. The van der Waals surface area contributed by atoms with E-state index in [9.17, 15) is 9.59 Å². The monoisotopic (exact) mass is 488 g/mol. The zero-order chi connectivity index (χ0) is 24.7. The van der Waals surface area contributed by atoms with E-state index in [-0.39, 0.29) is 18.4 Å². The van der Waals surface area contributed by atoms with Gasteiger partial charge in [0.2, 0.25) is 5.91 Å². The van der Waals surface area contributed by atoms with Crippen LogP contribution in [0.1, 0.15) is 34.1 Å². The number of hydrogen-bond donors (Lipinski definition) is 1. The van der Waals surface area contributed by atoms with Gasteiger partial charge in [-0.25, -0.2) is 0 Å². The van der Waals surface area contributed by atoms with Crippen molar-refractivity contribution in [2.24, 2.45) is 0 Å². The Labute approximate surface area is 208 Å². The van der Waals surface area contributed by atoms with Gasteiger partial charge in [-0.2, -0.15) is 5.10 Å². The SMILES string of the molecule is Cc1ccc(C)c(N2C(=O)c3cc(-c4ccco4)nn3C[C@@]2(C)C(=O)NCc2ccc(Cl)cc2)c1. The van der Waals surface area contributed by atoms with E-state index < -0.39 is 5.54 Å². The fourth-order valence-electron chi connectivity index (χ4n) is 4.44. The molecule has 2 aromatic heterocycles. The third-order valence-corrected chi connectivity index (χ3v) is 6.64. The van der Waals surface area contributed by atoms with Crippen LogP contribution in [0.4, 0.5) is 5.69 Å². The lowest BCUT2D eigenvalue weighted by Crippen LogP contribution is -2.64. The third-order valence-electron chi connectivity index (χ3n) is 6.39. The number of furan rings is 1. The van der Waals surface area contributed by atoms with E-state index >= 15 is 0 Å². The summed E-state index contributed by atoms with van der Waals surface area (Å²) in [6.07, 6.45) is 1.56. The standard InChI is InChI=1S/C27H25ClN4O3/c1-17-6-7-18(2)22(13-17)32-25(33)23-14-21(24-5-4-12-35-24)30-31(23)16-27(32,3)26(34)29-15-19-8-10-20(28)11-9-19/h4-14H,15-16H2,1-3H3,(H,29,34)/t27-/m0/s1. The molecule has 1 atom stereocenters. The molecular weight excluding hydrogens is 464 g/mol. The average molecular weight is 489 g/mol. The molecule has 1 N–H and O–H groups in total. The molecule has 0 saturated carbocycles. The maximum absolute atomic E-state index is 13.9. The molecule has 1 aliphatic heterocycles. The molecule has 7 nitrogen and oxygen atoms in total. The van der Waals surface area contributed by atoms with Crippen LogP contribution >= 0.6 is 11.6 Å². The van der Waals surface area contributed by atoms with Crippen LogP contribution in [-0.2, 0) is 17.9 Å². The summed E-state index contributed by atoms with van der Waals surface area (Å²) in [5.74, 6) is -0.00585. The number of nitrogens with zero attached hydrogens (tertiary/aromatic N) is 3. The Balaban J connectivity index is 1.56. The highest BCUT2D eigenvalue weighted by atomic mass is 35.5. The van der Waals surface area contributed by atoms with Crippen molar-refractivity contribution in [1.29, 1.82) is 0 Å². The summed E-state index contributed by atoms with van der Waals surface area (Å²) in [4.78, 5) is 29.3. The Bertz CT molecular complexity index is 1410. The van der Waals surface area contributed by atoms with Gasteiger partial charge in [-0.05, 0) is 67.8 Å². The largest absolute Gasteiger partial charge is 0.463 e. The predicted molar refractivity (Wildman–Crippen MR) is 134 cm³/mol. The first-order chi connectivity index (χ1) is 16.8. The average Bonchev–Trinajstić information content (AvgIpc) is 3.51. The summed E-state index contributed by atoms with van der Waals surface area (Å²) in [6.45, 7) is 6.18. The van der Waals surface area contributed by atoms with Crippen molar-refractivity contribution in [3.8, 4) is 11.5 Å². The number of aromatic nitrogens is 2. The molecule has 5 rings (SSSR count). The zero-order valence-electron chi connectivity index (χ0n) is 19.7. The number of hydrogen-bond acceptors (Lipinski definition) is 4. The number of carbonyl (C=O) groups is 2. The van der Waals surface area contributed by atoms with Crippen molar-refractivity contribution in [3.05, 3.63) is 94.3 Å². The van der Waals surface area contributed by atoms with Gasteiger partial charge in [0, 0.05) is 23.3 Å². The Kier molecular flexibility index (Phi) is 5.73. The molecular formula is C27H25ClN4O3. The number of benzene rings is 2. The summed E-state index contributed by atoms with van der Waals surface area (Å²) in [5, 5.41) is 8.24. The quantitative estimate of drug-likeness (QED) is 0.421. The molecule has 3 heterocycles. The van der Waals surface area contributed by atoms with Gasteiger partial charge >= 0.3 is 0 Å². The fourth-order valence-corrected chi connectivity index (χ4v) is 4.57. The lowest BCUT2D eigenvalue weighted by Gasteiger charge is -2.43. The van der Waals surface area contributed by atoms with Crippen molar-refractivity contribution in [3.63, 3.8) is 0 Å². The van der Waals surface area contributed by atoms with Crippen LogP contribution in [0.3, 0.4) is 0 Å². The summed E-state index contributed by atoms with van der Waals surface area (Å²) in [5.41, 5.74) is 3.24. The number of aryl methyl sites for hydroxylation is 2. The van der Waals surface area contributed by atoms with Gasteiger partial charge in [0.15, 0.2) is 5.76 Å². The number of carbonyl (C=O) groups excluding carboxylic acids is 2. The molecule has 178 valence electrons. The summed E-state index contributed by atoms with van der Waals surface area (Å²) in [7, 11) is 0. The molecule has 0 bridgehead atoms. The Morgan fingerprint density at radius 2 is 1.91 bits per heavy atom. The first-order valence-corrected chi connectivity index (χ1v) is 11.7. The molecule has 0 unspecified atom stereocenters. The Morgan fingerprint density at radius 1 is 1.14 bits per heavy atom. The van der Waals surface area contributed by atoms with E-state index in [4.69, 9.17) is 16.0 Å². The first kappa shape index (κ1) is 22.9. The van der Waals surface area contributed by atoms with E-state index in [0.717, 1.165) is 16.7 Å². The van der Waals surface area contributed by atoms with Crippen molar-refractivity contribution in [2.45, 2.75) is 39.4 Å². The second kappa shape index (κ2) is 8.74. The van der Waals surface area contributed by atoms with Crippen LogP contribution in [0.15, 0.2) is 71.3 Å². The maximum Gasteiger partial charge on any atom is 0.277 e. The lowest BCUT2D eigenvalue weighted by molar-refractivity contribution is -0.126. The van der Waals surface area contributed by atoms with Gasteiger partial charge in [0.05, 0.1) is 12.8 Å². The second-order valence-electron chi connectivity index (χ2n) is 9.06. The highest BCUT2D eigenvalue weighted by molar-refractivity contribution is 6.30. The number of nitrogens with one attached hydrogen (secondary N) is 1. The molecule has 0 aliphatic carbocycles. The van der Waals surface area contributed by atoms with Crippen molar-refractivity contribution in [1.82, 2.24) is 15.1 Å². The molecule has 35 heavy (non-hydrogen) atoms. The van der Waals surface area contributed by atoms with Crippen LogP contribution in [-0.4, -0.2) is 27.1 Å². The van der Waals surface area contributed by atoms with Gasteiger partial charge in [0.1, 0.15) is 16.9 Å². The highest BCUT2D eigenvalue weighted by Crippen LogP contribution is 2.36. The normalized spacial score (nSPS) is 17.4. The van der Waals surface area contributed by atoms with E-state index in [2.05, 4.69) is 10.4 Å². The second-order valence-corrected chi connectivity index (χ2v) is 9.50. The molecule has 0 fully saturated rings. The van der Waals surface area contributed by atoms with Crippen LogP contribution in [0, 0.1) is 13.8 Å². The number of fused-ring (bicyclic) bond motifs is 1. The summed E-state index contributed by atoms with van der Waals surface area (Å²) < 4.78 is 7.09. The lowest BCUT2D eigenvalue weighted by atomic mass is 9.92. The number of rotatable bonds is 5. The third kappa shape index (κ3) is 4.12.